The largest absolute Gasteiger partial charge is 0.474 e. The van der Waals surface area contributed by atoms with Crippen molar-refractivity contribution in [3.8, 4) is 0 Å². The normalized spacial score (nSPS) is 21.2. The molecule has 0 aliphatic carbocycles. The highest BCUT2D eigenvalue weighted by molar-refractivity contribution is 6.39. The Morgan fingerprint density at radius 2 is 1.32 bits per heavy atom. The molecule has 2 aromatic heterocycles. The van der Waals surface area contributed by atoms with Gasteiger partial charge in [0.25, 0.3) is 0 Å². The van der Waals surface area contributed by atoms with E-state index < -0.39 is 23.7 Å². The van der Waals surface area contributed by atoms with Gasteiger partial charge in [0.1, 0.15) is 11.6 Å². The third-order valence-corrected chi connectivity index (χ3v) is 10.3. The third-order valence-electron chi connectivity index (χ3n) is 10.3. The molecule has 3 amide bonds. The number of carbonyl (C=O) groups is 4. The summed E-state index contributed by atoms with van der Waals surface area (Å²) in [4.78, 5) is 56.3. The topological polar surface area (TPSA) is 224 Å². The summed E-state index contributed by atoms with van der Waals surface area (Å²) in [5, 5.41) is 16.7. The molecule has 316 valence electrons. The first-order chi connectivity index (χ1) is 28.1. The number of amides is 3. The molecule has 15 nitrogen and oxygen atoms in total. The number of carbonyl (C=O) groups excluding carboxylic acids is 3. The van der Waals surface area contributed by atoms with E-state index in [4.69, 9.17) is 26.0 Å². The van der Waals surface area contributed by atoms with E-state index in [0.29, 0.717) is 59.6 Å². The lowest BCUT2D eigenvalue weighted by molar-refractivity contribution is -0.151. The molecule has 0 spiro atoms. The first-order valence-corrected chi connectivity index (χ1v) is 19.7. The lowest BCUT2D eigenvalue weighted by Gasteiger charge is -2.43. The maximum Gasteiger partial charge on any atom is 0.394 e. The van der Waals surface area contributed by atoms with Crippen LogP contribution in [0.15, 0.2) is 85.2 Å². The number of piperidine rings is 2. The molecule has 0 saturated carbocycles. The summed E-state index contributed by atoms with van der Waals surface area (Å²) in [7, 11) is 1.81. The number of nitrogen functional groups attached to an aromatic ring is 2. The SMILES string of the molecule is CO[C@H]1C[C@H](c2ccccc2)NC[C@H]1C.Cc1cc(NC(=O)C(=O)N2C[C@@H](C)[C@@H](OC(C)C)C[C@@H]2c2ccccc2)cnc1N.Cc1cc(NC(=O)C(=O)O)cnc1N. The quantitative estimate of drug-likeness (QED) is 0.124. The van der Waals surface area contributed by atoms with Crippen molar-refractivity contribution in [1.82, 2.24) is 20.2 Å². The van der Waals surface area contributed by atoms with E-state index in [2.05, 4.69) is 70.1 Å². The van der Waals surface area contributed by atoms with Crippen LogP contribution in [0.1, 0.15) is 74.9 Å². The Morgan fingerprint density at radius 3 is 1.81 bits per heavy atom. The number of aliphatic carboxylic acids is 1. The Kier molecular flexibility index (Phi) is 16.9. The van der Waals surface area contributed by atoms with Crippen LogP contribution in [-0.2, 0) is 28.7 Å². The number of likely N-dealkylation sites (tertiary alicyclic amines) is 1. The van der Waals surface area contributed by atoms with Crippen LogP contribution in [0.25, 0.3) is 0 Å². The molecule has 8 N–H and O–H groups in total. The van der Waals surface area contributed by atoms with Gasteiger partial charge in [0.15, 0.2) is 0 Å². The number of pyridine rings is 2. The maximum atomic E-state index is 13.1. The minimum absolute atomic E-state index is 0.0197. The summed E-state index contributed by atoms with van der Waals surface area (Å²) in [6.45, 7) is 13.3. The van der Waals surface area contributed by atoms with Gasteiger partial charge >= 0.3 is 23.7 Å². The average Bonchev–Trinajstić information content (AvgIpc) is 3.22. The van der Waals surface area contributed by atoms with Gasteiger partial charge in [-0.15, -0.1) is 0 Å². The number of aromatic nitrogens is 2. The van der Waals surface area contributed by atoms with Crippen molar-refractivity contribution in [3.63, 3.8) is 0 Å². The number of benzene rings is 2. The fourth-order valence-corrected chi connectivity index (χ4v) is 6.97. The zero-order valence-corrected chi connectivity index (χ0v) is 34.8. The summed E-state index contributed by atoms with van der Waals surface area (Å²) in [6, 6.07) is 23.9. The van der Waals surface area contributed by atoms with E-state index in [1.165, 1.54) is 18.0 Å². The number of methoxy groups -OCH3 is 1. The lowest BCUT2D eigenvalue weighted by Crippen LogP contribution is -2.51. The van der Waals surface area contributed by atoms with Gasteiger partial charge in [-0.3, -0.25) is 14.4 Å². The summed E-state index contributed by atoms with van der Waals surface area (Å²) >= 11 is 0. The van der Waals surface area contributed by atoms with E-state index in [9.17, 15) is 19.2 Å². The molecule has 6 rings (SSSR count). The second kappa shape index (κ2) is 21.7. The Labute approximate surface area is 346 Å². The first-order valence-electron chi connectivity index (χ1n) is 19.7. The number of ether oxygens (including phenoxy) is 2. The van der Waals surface area contributed by atoms with Crippen LogP contribution in [0.4, 0.5) is 23.0 Å². The fourth-order valence-electron chi connectivity index (χ4n) is 6.97. The van der Waals surface area contributed by atoms with Gasteiger partial charge in [0.2, 0.25) is 0 Å². The van der Waals surface area contributed by atoms with Crippen LogP contribution < -0.4 is 27.4 Å². The monoisotopic (exact) mass is 810 g/mol. The molecule has 2 fully saturated rings. The summed E-state index contributed by atoms with van der Waals surface area (Å²) < 4.78 is 11.6. The minimum atomic E-state index is -1.54. The van der Waals surface area contributed by atoms with Crippen LogP contribution in [0.5, 0.6) is 0 Å². The zero-order valence-electron chi connectivity index (χ0n) is 34.8. The average molecular weight is 811 g/mol. The van der Waals surface area contributed by atoms with E-state index in [-0.39, 0.29) is 24.2 Å². The number of rotatable bonds is 7. The van der Waals surface area contributed by atoms with Gasteiger partial charge in [0.05, 0.1) is 48.1 Å². The fraction of sp³-hybridized carbons (Fsp3) is 0.409. The molecular formula is C44H58N8O7. The van der Waals surface area contributed by atoms with E-state index in [1.54, 1.807) is 30.9 Å². The molecule has 59 heavy (non-hydrogen) atoms. The highest BCUT2D eigenvalue weighted by Gasteiger charge is 2.39. The first kappa shape index (κ1) is 45.8. The van der Waals surface area contributed by atoms with Crippen molar-refractivity contribution in [2.75, 3.05) is 42.3 Å². The van der Waals surface area contributed by atoms with Crippen molar-refractivity contribution < 1.29 is 33.8 Å². The predicted octanol–water partition coefficient (Wildman–Crippen LogP) is 5.68. The van der Waals surface area contributed by atoms with Crippen LogP contribution in [0, 0.1) is 25.7 Å². The number of nitrogens with two attached hydrogens (primary N) is 2. The maximum absolute atomic E-state index is 13.1. The molecule has 4 heterocycles. The number of anilines is 4. The third kappa shape index (κ3) is 13.3. The number of hydrogen-bond donors (Lipinski definition) is 6. The standard InChI is InChI=1S/C23H30N4O3.C13H19NO.C8H9N3O3/c1-14(2)30-20-11-19(17-8-6-5-7-9-17)27(13-16(20)4)23(29)22(28)26-18-10-15(3)21(24)25-12-18;1-10-9-14-12(8-13(10)15-2)11-6-4-3-5-7-11;1-4-2-5(3-10-6(4)9)11-7(12)8(13)14/h5-10,12,14,16,19-20H,11,13H2,1-4H3,(H2,24,25)(H,26,28);3-7,10,12-14H,8-9H2,1-2H3;2-3H,1H3,(H2,9,10)(H,11,12)(H,13,14)/t16-,19-,20+;10-,12-,13+;/m11./s1. The second-order valence-corrected chi connectivity index (χ2v) is 15.2. The van der Waals surface area contributed by atoms with Gasteiger partial charge in [-0.1, -0.05) is 74.5 Å². The Hall–Kier alpha value is -5.90. The molecular weight excluding hydrogens is 753 g/mol. The number of aryl methyl sites for hydroxylation is 2. The number of carboxylic acid groups (broad SMARTS) is 1. The molecule has 2 aliphatic rings. The summed E-state index contributed by atoms with van der Waals surface area (Å²) in [5.41, 5.74) is 15.7. The van der Waals surface area contributed by atoms with Crippen LogP contribution in [0.3, 0.4) is 0 Å². The number of nitrogens with zero attached hydrogens (tertiary/aromatic N) is 3. The van der Waals surface area contributed by atoms with Crippen molar-refractivity contribution in [2.45, 2.75) is 84.8 Å². The van der Waals surface area contributed by atoms with Gasteiger partial charge in [-0.2, -0.15) is 0 Å². The van der Waals surface area contributed by atoms with Gasteiger partial charge < -0.3 is 46.9 Å². The highest BCUT2D eigenvalue weighted by atomic mass is 16.5. The molecule has 15 heteroatoms. The molecule has 2 aromatic carbocycles. The van der Waals surface area contributed by atoms with Crippen molar-refractivity contribution in [1.29, 1.82) is 0 Å². The lowest BCUT2D eigenvalue weighted by atomic mass is 9.87. The minimum Gasteiger partial charge on any atom is -0.474 e. The molecule has 2 saturated heterocycles. The molecule has 6 atom stereocenters. The Bertz CT molecular complexity index is 2020. The van der Waals surface area contributed by atoms with Crippen molar-refractivity contribution >= 4 is 46.7 Å². The Morgan fingerprint density at radius 1 is 0.797 bits per heavy atom. The highest BCUT2D eigenvalue weighted by Crippen LogP contribution is 2.36. The van der Waals surface area contributed by atoms with Crippen LogP contribution in [0.2, 0.25) is 0 Å². The smallest absolute Gasteiger partial charge is 0.394 e. The predicted molar refractivity (Wildman–Crippen MR) is 228 cm³/mol. The van der Waals surface area contributed by atoms with Gasteiger partial charge in [-0.05, 0) is 80.8 Å². The molecule has 0 bridgehead atoms. The molecule has 4 aromatic rings. The van der Waals surface area contributed by atoms with E-state index in [0.717, 1.165) is 24.1 Å². The van der Waals surface area contributed by atoms with Crippen molar-refractivity contribution in [3.05, 3.63) is 107 Å². The summed E-state index contributed by atoms with van der Waals surface area (Å²) in [6.07, 6.45) is 4.96. The van der Waals surface area contributed by atoms with E-state index >= 15 is 0 Å². The van der Waals surface area contributed by atoms with Crippen molar-refractivity contribution in [2.24, 2.45) is 11.8 Å². The second-order valence-electron chi connectivity index (χ2n) is 15.2. The van der Waals surface area contributed by atoms with Gasteiger partial charge in [0, 0.05) is 32.2 Å². The van der Waals surface area contributed by atoms with Crippen LogP contribution in [-0.4, -0.2) is 82.2 Å². The molecule has 0 radical (unpaired) electrons. The van der Waals surface area contributed by atoms with Crippen LogP contribution >= 0.6 is 0 Å². The summed E-state index contributed by atoms with van der Waals surface area (Å²) in [5.74, 6) is -2.43. The van der Waals surface area contributed by atoms with E-state index in [1.807, 2.05) is 51.3 Å². The molecule has 0 unspecified atom stereocenters. The Balaban J connectivity index is 0.000000220. The zero-order chi connectivity index (χ0) is 43.2. The van der Waals surface area contributed by atoms with Gasteiger partial charge in [-0.25, -0.2) is 14.8 Å². The number of hydrogen-bond acceptors (Lipinski definition) is 11. The molecule has 2 aliphatic heterocycles. The number of carboxylic acids is 1. The number of nitrogens with one attached hydrogen (secondary N) is 3.